The Kier molecular flexibility index (Phi) is 5.87. The maximum absolute atomic E-state index is 3.74. The van der Waals surface area contributed by atoms with E-state index in [0.29, 0.717) is 0 Å². The maximum atomic E-state index is 3.74. The Morgan fingerprint density at radius 2 is 1.62 bits per heavy atom. The quantitative estimate of drug-likeness (QED) is 0.777. The molecular weight excluding hydrogens is 254 g/mol. The van der Waals surface area contributed by atoms with E-state index in [-0.39, 0.29) is 5.54 Å². The number of benzene rings is 1. The Hall–Kier alpha value is -0.820. The third-order valence-electron chi connectivity index (χ3n) is 4.89. The second kappa shape index (κ2) is 7.45. The molecular formula is C20H33N. The predicted molar refractivity (Wildman–Crippen MR) is 92.7 cm³/mol. The van der Waals surface area contributed by atoms with Crippen LogP contribution in [-0.2, 0) is 12.8 Å². The van der Waals surface area contributed by atoms with Gasteiger partial charge in [-0.1, -0.05) is 56.9 Å². The van der Waals surface area contributed by atoms with Crippen molar-refractivity contribution in [1.82, 2.24) is 5.32 Å². The highest BCUT2D eigenvalue weighted by Crippen LogP contribution is 2.33. The van der Waals surface area contributed by atoms with Crippen LogP contribution < -0.4 is 5.32 Å². The molecule has 0 aromatic heterocycles. The Bertz CT molecular complexity index is 406. The number of hydrogen-bond acceptors (Lipinski definition) is 1. The van der Waals surface area contributed by atoms with Gasteiger partial charge in [-0.05, 0) is 63.1 Å². The molecule has 1 aliphatic carbocycles. The molecule has 0 heterocycles. The number of aryl methyl sites for hydroxylation is 1. The Labute approximate surface area is 131 Å². The van der Waals surface area contributed by atoms with Gasteiger partial charge in [0.25, 0.3) is 0 Å². The molecule has 0 amide bonds. The predicted octanol–water partition coefficient (Wildman–Crippen LogP) is 4.99. The zero-order valence-electron chi connectivity index (χ0n) is 14.4. The molecule has 0 aliphatic heterocycles. The van der Waals surface area contributed by atoms with Crippen LogP contribution in [0.2, 0.25) is 0 Å². The monoisotopic (exact) mass is 287 g/mol. The first-order valence-corrected chi connectivity index (χ1v) is 8.81. The van der Waals surface area contributed by atoms with Crippen molar-refractivity contribution in [3.8, 4) is 0 Å². The summed E-state index contributed by atoms with van der Waals surface area (Å²) < 4.78 is 0. The normalized spacial score (nSPS) is 18.1. The van der Waals surface area contributed by atoms with Gasteiger partial charge in [0.2, 0.25) is 0 Å². The molecule has 2 rings (SSSR count). The molecule has 1 fully saturated rings. The van der Waals surface area contributed by atoms with E-state index >= 15 is 0 Å². The molecule has 1 heteroatoms. The van der Waals surface area contributed by atoms with Crippen molar-refractivity contribution in [2.75, 3.05) is 6.54 Å². The molecule has 1 N–H and O–H groups in total. The molecule has 1 saturated carbocycles. The maximum Gasteiger partial charge on any atom is 0.00966 e. The van der Waals surface area contributed by atoms with E-state index in [2.05, 4.69) is 57.3 Å². The Balaban J connectivity index is 1.99. The summed E-state index contributed by atoms with van der Waals surface area (Å²) in [6.45, 7) is 10.2. The van der Waals surface area contributed by atoms with Gasteiger partial charge in [0.15, 0.2) is 0 Å². The fourth-order valence-electron chi connectivity index (χ4n) is 3.49. The molecule has 0 radical (unpaired) electrons. The van der Waals surface area contributed by atoms with Gasteiger partial charge in [-0.3, -0.25) is 0 Å². The molecule has 0 bridgehead atoms. The third-order valence-corrected chi connectivity index (χ3v) is 4.89. The zero-order valence-corrected chi connectivity index (χ0v) is 14.4. The minimum absolute atomic E-state index is 0.225. The third kappa shape index (κ3) is 5.47. The smallest absolute Gasteiger partial charge is 0.00966 e. The minimum Gasteiger partial charge on any atom is -0.312 e. The van der Waals surface area contributed by atoms with Crippen LogP contribution in [0.15, 0.2) is 24.3 Å². The van der Waals surface area contributed by atoms with E-state index in [0.717, 1.165) is 24.8 Å². The van der Waals surface area contributed by atoms with E-state index < -0.39 is 0 Å². The number of nitrogens with one attached hydrogen (secondary N) is 1. The highest BCUT2D eigenvalue weighted by atomic mass is 14.9. The van der Waals surface area contributed by atoms with E-state index in [9.17, 15) is 0 Å². The van der Waals surface area contributed by atoms with Crippen molar-refractivity contribution in [2.45, 2.75) is 71.8 Å². The van der Waals surface area contributed by atoms with Gasteiger partial charge >= 0.3 is 0 Å². The second-order valence-electron chi connectivity index (χ2n) is 7.81. The lowest BCUT2D eigenvalue weighted by molar-refractivity contribution is 0.286. The lowest BCUT2D eigenvalue weighted by Gasteiger charge is -2.29. The molecule has 1 aromatic carbocycles. The highest BCUT2D eigenvalue weighted by Gasteiger charge is 2.26. The summed E-state index contributed by atoms with van der Waals surface area (Å²) in [5.74, 6) is 1.71. The molecule has 1 nitrogen and oxygen atoms in total. The lowest BCUT2D eigenvalue weighted by Crippen LogP contribution is -2.41. The van der Waals surface area contributed by atoms with Crippen LogP contribution in [0, 0.1) is 11.8 Å². The summed E-state index contributed by atoms with van der Waals surface area (Å²) >= 11 is 0. The van der Waals surface area contributed by atoms with Crippen LogP contribution >= 0.6 is 0 Å². The molecule has 1 aliphatic rings. The van der Waals surface area contributed by atoms with Crippen molar-refractivity contribution in [2.24, 2.45) is 11.8 Å². The minimum atomic E-state index is 0.225. The number of hydrogen-bond donors (Lipinski definition) is 1. The van der Waals surface area contributed by atoms with Crippen molar-refractivity contribution >= 4 is 0 Å². The van der Waals surface area contributed by atoms with Gasteiger partial charge in [-0.2, -0.15) is 0 Å². The molecule has 21 heavy (non-hydrogen) atoms. The van der Waals surface area contributed by atoms with Crippen LogP contribution in [0.5, 0.6) is 0 Å². The van der Waals surface area contributed by atoms with Crippen LogP contribution in [0.25, 0.3) is 0 Å². The SMILES string of the molecule is CCc1ccc(CC(CNC(C)(C)C)C2CCCC2)cc1. The molecule has 118 valence electrons. The summed E-state index contributed by atoms with van der Waals surface area (Å²) in [6.07, 6.45) is 8.11. The summed E-state index contributed by atoms with van der Waals surface area (Å²) in [5.41, 5.74) is 3.19. The largest absolute Gasteiger partial charge is 0.312 e. The Morgan fingerprint density at radius 3 is 2.14 bits per heavy atom. The van der Waals surface area contributed by atoms with Gasteiger partial charge < -0.3 is 5.32 Å². The van der Waals surface area contributed by atoms with Gasteiger partial charge in [0, 0.05) is 5.54 Å². The summed E-state index contributed by atoms with van der Waals surface area (Å²) in [5, 5.41) is 3.74. The molecule has 0 spiro atoms. The van der Waals surface area contributed by atoms with Crippen molar-refractivity contribution in [1.29, 1.82) is 0 Å². The van der Waals surface area contributed by atoms with E-state index in [1.807, 2.05) is 0 Å². The Morgan fingerprint density at radius 1 is 1.05 bits per heavy atom. The van der Waals surface area contributed by atoms with E-state index in [1.54, 1.807) is 0 Å². The van der Waals surface area contributed by atoms with Gasteiger partial charge in [0.1, 0.15) is 0 Å². The topological polar surface area (TPSA) is 12.0 Å². The summed E-state index contributed by atoms with van der Waals surface area (Å²) in [7, 11) is 0. The first-order valence-electron chi connectivity index (χ1n) is 8.81. The second-order valence-corrected chi connectivity index (χ2v) is 7.81. The molecule has 0 saturated heterocycles. The summed E-state index contributed by atoms with van der Waals surface area (Å²) in [4.78, 5) is 0. The highest BCUT2D eigenvalue weighted by molar-refractivity contribution is 5.23. The first-order chi connectivity index (χ1) is 9.98. The molecule has 1 unspecified atom stereocenters. The molecule has 1 aromatic rings. The molecule has 1 atom stereocenters. The fraction of sp³-hybridized carbons (Fsp3) is 0.700. The standard InChI is InChI=1S/C20H33N/c1-5-16-10-12-17(13-11-16)14-19(15-21-20(2,3)4)18-8-6-7-9-18/h10-13,18-19,21H,5-9,14-15H2,1-4H3. The van der Waals surface area contributed by atoms with E-state index in [1.165, 1.54) is 43.2 Å². The first kappa shape index (κ1) is 16.5. The van der Waals surface area contributed by atoms with Crippen molar-refractivity contribution in [3.63, 3.8) is 0 Å². The number of rotatable bonds is 6. The van der Waals surface area contributed by atoms with Crippen molar-refractivity contribution in [3.05, 3.63) is 35.4 Å². The van der Waals surface area contributed by atoms with Crippen LogP contribution in [0.3, 0.4) is 0 Å². The fourth-order valence-corrected chi connectivity index (χ4v) is 3.49. The van der Waals surface area contributed by atoms with Crippen LogP contribution in [-0.4, -0.2) is 12.1 Å². The zero-order chi connectivity index (χ0) is 15.3. The summed E-state index contributed by atoms with van der Waals surface area (Å²) in [6, 6.07) is 9.30. The average Bonchev–Trinajstić information content (AvgIpc) is 2.97. The van der Waals surface area contributed by atoms with Crippen LogP contribution in [0.4, 0.5) is 0 Å². The van der Waals surface area contributed by atoms with Crippen LogP contribution in [0.1, 0.15) is 64.5 Å². The average molecular weight is 287 g/mol. The van der Waals surface area contributed by atoms with E-state index in [4.69, 9.17) is 0 Å². The van der Waals surface area contributed by atoms with Crippen molar-refractivity contribution < 1.29 is 0 Å². The lowest BCUT2D eigenvalue weighted by atomic mass is 9.85. The van der Waals surface area contributed by atoms with Gasteiger partial charge in [-0.25, -0.2) is 0 Å². The van der Waals surface area contributed by atoms with Gasteiger partial charge in [-0.15, -0.1) is 0 Å². The van der Waals surface area contributed by atoms with Gasteiger partial charge in [0.05, 0.1) is 0 Å².